The van der Waals surface area contributed by atoms with Crippen LogP contribution in [0, 0.1) is 0 Å². The van der Waals surface area contributed by atoms with Gasteiger partial charge < -0.3 is 5.32 Å². The van der Waals surface area contributed by atoms with Crippen molar-refractivity contribution in [1.82, 2.24) is 4.90 Å². The Morgan fingerprint density at radius 3 is 2.45 bits per heavy atom. The van der Waals surface area contributed by atoms with Crippen LogP contribution in [0.5, 0.6) is 0 Å². The van der Waals surface area contributed by atoms with Gasteiger partial charge in [0.15, 0.2) is 5.78 Å². The van der Waals surface area contributed by atoms with Crippen LogP contribution in [0.1, 0.15) is 34.3 Å². The zero-order valence-corrected chi connectivity index (χ0v) is 20.3. The second kappa shape index (κ2) is 9.90. The molecule has 3 aromatic rings. The Morgan fingerprint density at radius 1 is 0.970 bits per heavy atom. The number of rotatable bonds is 6. The number of hydrogen-bond donors (Lipinski definition) is 1. The maximum Gasteiger partial charge on any atom is 0.236 e. The SMILES string of the molecule is B[C@]1(C(=O)Nc2ccc(Cl)cc2C(=O)c2ccccc2)CCCN1Cc1ccc(Cl)c(Cl)c1. The van der Waals surface area contributed by atoms with Crippen LogP contribution < -0.4 is 5.32 Å². The van der Waals surface area contributed by atoms with Crippen LogP contribution in [-0.2, 0) is 11.3 Å². The molecule has 1 aliphatic heterocycles. The fraction of sp³-hybridized carbons (Fsp3) is 0.200. The van der Waals surface area contributed by atoms with Gasteiger partial charge >= 0.3 is 0 Å². The minimum absolute atomic E-state index is 0.163. The number of nitrogens with one attached hydrogen (secondary N) is 1. The second-order valence-corrected chi connectivity index (χ2v) is 9.64. The first-order chi connectivity index (χ1) is 15.8. The van der Waals surface area contributed by atoms with E-state index in [9.17, 15) is 9.59 Å². The summed E-state index contributed by atoms with van der Waals surface area (Å²) in [7, 11) is 1.93. The van der Waals surface area contributed by atoms with E-state index in [2.05, 4.69) is 10.2 Å². The van der Waals surface area contributed by atoms with Crippen molar-refractivity contribution in [3.63, 3.8) is 0 Å². The van der Waals surface area contributed by atoms with E-state index in [4.69, 9.17) is 34.8 Å². The average molecular weight is 500 g/mol. The summed E-state index contributed by atoms with van der Waals surface area (Å²) in [4.78, 5) is 28.8. The highest BCUT2D eigenvalue weighted by Gasteiger charge is 2.43. The van der Waals surface area contributed by atoms with E-state index in [0.717, 1.165) is 18.5 Å². The molecule has 1 heterocycles. The lowest BCUT2D eigenvalue weighted by Crippen LogP contribution is -2.53. The Balaban J connectivity index is 1.58. The normalized spacial score (nSPS) is 18.3. The lowest BCUT2D eigenvalue weighted by atomic mass is 9.74. The number of carbonyl (C=O) groups is 2. The molecule has 4 nitrogen and oxygen atoms in total. The van der Waals surface area contributed by atoms with Gasteiger partial charge in [0.05, 0.1) is 21.2 Å². The third-order valence-electron chi connectivity index (χ3n) is 6.15. The van der Waals surface area contributed by atoms with Crippen molar-refractivity contribution in [3.8, 4) is 0 Å². The predicted molar refractivity (Wildman–Crippen MR) is 137 cm³/mol. The van der Waals surface area contributed by atoms with Gasteiger partial charge in [0.2, 0.25) is 5.91 Å². The molecule has 3 aromatic carbocycles. The minimum Gasteiger partial charge on any atom is -0.324 e. The smallest absolute Gasteiger partial charge is 0.236 e. The quantitative estimate of drug-likeness (QED) is 0.363. The van der Waals surface area contributed by atoms with Crippen LogP contribution in [0.4, 0.5) is 5.69 Å². The number of hydrogen-bond acceptors (Lipinski definition) is 3. The Kier molecular flexibility index (Phi) is 7.15. The maximum absolute atomic E-state index is 13.5. The molecule has 8 heteroatoms. The molecule has 0 bridgehead atoms. The van der Waals surface area contributed by atoms with E-state index in [0.29, 0.717) is 44.8 Å². The van der Waals surface area contributed by atoms with Gasteiger partial charge in [-0.1, -0.05) is 71.2 Å². The van der Waals surface area contributed by atoms with Crippen molar-refractivity contribution < 1.29 is 9.59 Å². The summed E-state index contributed by atoms with van der Waals surface area (Å²) in [5.74, 6) is -0.359. The molecule has 1 fully saturated rings. The number of benzene rings is 3. The molecule has 4 rings (SSSR count). The van der Waals surface area contributed by atoms with Gasteiger partial charge in [-0.25, -0.2) is 0 Å². The number of likely N-dealkylation sites (tertiary alicyclic amines) is 1. The fourth-order valence-corrected chi connectivity index (χ4v) is 4.70. The maximum atomic E-state index is 13.5. The molecule has 0 spiro atoms. The Bertz CT molecular complexity index is 1210. The molecule has 1 atom stereocenters. The Morgan fingerprint density at radius 2 is 1.73 bits per heavy atom. The second-order valence-electron chi connectivity index (χ2n) is 8.39. The van der Waals surface area contributed by atoms with Crippen LogP contribution in [0.3, 0.4) is 0 Å². The minimum atomic E-state index is -0.737. The number of amides is 1. The lowest BCUT2D eigenvalue weighted by molar-refractivity contribution is -0.122. The van der Waals surface area contributed by atoms with E-state index in [-0.39, 0.29) is 11.7 Å². The summed E-state index contributed by atoms with van der Waals surface area (Å²) in [6, 6.07) is 19.4. The zero-order chi connectivity index (χ0) is 23.6. The molecule has 33 heavy (non-hydrogen) atoms. The Hall–Kier alpha value is -2.31. The van der Waals surface area contributed by atoms with Crippen LogP contribution in [0.15, 0.2) is 66.7 Å². The predicted octanol–water partition coefficient (Wildman–Crippen LogP) is 5.44. The van der Waals surface area contributed by atoms with Crippen molar-refractivity contribution in [1.29, 1.82) is 0 Å². The highest BCUT2D eigenvalue weighted by atomic mass is 35.5. The van der Waals surface area contributed by atoms with Crippen molar-refractivity contribution >= 4 is 60.0 Å². The average Bonchev–Trinajstić information content (AvgIpc) is 3.19. The van der Waals surface area contributed by atoms with Crippen molar-refractivity contribution in [3.05, 3.63) is 98.5 Å². The molecule has 1 N–H and O–H groups in total. The van der Waals surface area contributed by atoms with Crippen LogP contribution in [0.2, 0.25) is 15.1 Å². The van der Waals surface area contributed by atoms with Crippen LogP contribution >= 0.6 is 34.8 Å². The first-order valence-electron chi connectivity index (χ1n) is 10.7. The molecule has 168 valence electrons. The molecule has 1 saturated heterocycles. The highest BCUT2D eigenvalue weighted by Crippen LogP contribution is 2.32. The summed E-state index contributed by atoms with van der Waals surface area (Å²) in [6.45, 7) is 1.35. The molecule has 1 amide bonds. The summed E-state index contributed by atoms with van der Waals surface area (Å²) >= 11 is 18.4. The summed E-state index contributed by atoms with van der Waals surface area (Å²) in [5, 5.41) is 4.42. The molecule has 0 unspecified atom stereocenters. The van der Waals surface area contributed by atoms with Crippen molar-refractivity contribution in [2.75, 3.05) is 11.9 Å². The molecule has 0 saturated carbocycles. The molecule has 1 aliphatic rings. The van der Waals surface area contributed by atoms with Gasteiger partial charge in [-0.05, 0) is 55.3 Å². The van der Waals surface area contributed by atoms with Crippen LogP contribution in [-0.4, -0.2) is 36.4 Å². The molecule has 0 aromatic heterocycles. The topological polar surface area (TPSA) is 49.4 Å². The van der Waals surface area contributed by atoms with E-state index in [1.54, 1.807) is 48.5 Å². The van der Waals surface area contributed by atoms with Crippen molar-refractivity contribution in [2.24, 2.45) is 0 Å². The van der Waals surface area contributed by atoms with E-state index in [1.807, 2.05) is 26.0 Å². The third kappa shape index (κ3) is 5.12. The van der Waals surface area contributed by atoms with Crippen LogP contribution in [0.25, 0.3) is 0 Å². The first kappa shape index (κ1) is 23.8. The number of anilines is 1. The van der Waals surface area contributed by atoms with Gasteiger partial charge in [-0.3, -0.25) is 14.5 Å². The van der Waals surface area contributed by atoms with Gasteiger partial charge in [-0.2, -0.15) is 0 Å². The molecule has 0 aliphatic carbocycles. The molecular formula is C25H22BCl3N2O2. The highest BCUT2D eigenvalue weighted by molar-refractivity contribution is 6.42. The first-order valence-corrected chi connectivity index (χ1v) is 11.8. The monoisotopic (exact) mass is 498 g/mol. The van der Waals surface area contributed by atoms with Gasteiger partial charge in [-0.15, -0.1) is 0 Å². The molecular weight excluding hydrogens is 477 g/mol. The number of halogens is 3. The fourth-order valence-electron chi connectivity index (χ4n) is 4.20. The standard InChI is InChI=1S/C25H22BCl3N2O2/c26-25(11-4-12-31(25)15-16-7-9-20(28)21(29)13-16)24(33)30-22-10-8-18(27)14-19(22)23(32)17-5-2-1-3-6-17/h1-3,5-10,13-14H,4,11-12,15,26H2,(H,30,33)/t25-/m1/s1. The summed E-state index contributed by atoms with van der Waals surface area (Å²) in [6.07, 6.45) is 1.59. The van der Waals surface area contributed by atoms with E-state index < -0.39 is 5.44 Å². The summed E-state index contributed by atoms with van der Waals surface area (Å²) in [5.41, 5.74) is 1.58. The lowest BCUT2D eigenvalue weighted by Gasteiger charge is -2.34. The third-order valence-corrected chi connectivity index (χ3v) is 7.12. The number of carbonyl (C=O) groups excluding carboxylic acids is 2. The van der Waals surface area contributed by atoms with Gasteiger partial charge in [0.25, 0.3) is 0 Å². The molecule has 0 radical (unpaired) electrons. The van der Waals surface area contributed by atoms with Gasteiger partial charge in [0.1, 0.15) is 7.85 Å². The summed E-state index contributed by atoms with van der Waals surface area (Å²) < 4.78 is 0. The number of ketones is 1. The largest absolute Gasteiger partial charge is 0.324 e. The van der Waals surface area contributed by atoms with Gasteiger partial charge in [0, 0.05) is 22.7 Å². The number of nitrogens with zero attached hydrogens (tertiary/aromatic N) is 1. The van der Waals surface area contributed by atoms with E-state index >= 15 is 0 Å². The van der Waals surface area contributed by atoms with Crippen molar-refractivity contribution in [2.45, 2.75) is 24.8 Å². The zero-order valence-electron chi connectivity index (χ0n) is 18.1. The Labute approximate surface area is 209 Å². The van der Waals surface area contributed by atoms with E-state index in [1.165, 1.54) is 0 Å².